The smallest absolute Gasteiger partial charge is 0.258 e. The Hall–Kier alpha value is -0.590. The topological polar surface area (TPSA) is 62.1 Å². The van der Waals surface area contributed by atoms with Gasteiger partial charge in [0.05, 0.1) is 25.1 Å². The highest BCUT2D eigenvalue weighted by molar-refractivity contribution is 8.14. The molecule has 0 saturated carbocycles. The Bertz CT molecular complexity index is 269. The molecule has 6 heteroatoms. The van der Waals surface area contributed by atoms with E-state index in [9.17, 15) is 4.79 Å². The highest BCUT2D eigenvalue weighted by Crippen LogP contribution is 2.18. The largest absolute Gasteiger partial charge is 0.394 e. The Labute approximate surface area is 86.1 Å². The minimum Gasteiger partial charge on any atom is -0.394 e. The molecular weight excluding hydrogens is 204 g/mol. The Morgan fingerprint density at radius 1 is 1.71 bits per heavy atom. The summed E-state index contributed by atoms with van der Waals surface area (Å²) in [5, 5.41) is 9.71. The van der Waals surface area contributed by atoms with Crippen molar-refractivity contribution in [1.82, 2.24) is 4.90 Å². The third-order valence-electron chi connectivity index (χ3n) is 2.16. The Kier molecular flexibility index (Phi) is 3.05. The lowest BCUT2D eigenvalue weighted by molar-refractivity contribution is -0.115. The summed E-state index contributed by atoms with van der Waals surface area (Å²) in [5.74, 6) is 0.369. The van der Waals surface area contributed by atoms with Crippen molar-refractivity contribution in [2.24, 2.45) is 4.99 Å². The molecule has 0 bridgehead atoms. The number of rotatable bonds is 1. The van der Waals surface area contributed by atoms with Crippen LogP contribution in [0.1, 0.15) is 0 Å². The number of ether oxygens (including phenoxy) is 1. The second-order valence-corrected chi connectivity index (χ2v) is 4.14. The number of morpholine rings is 1. The van der Waals surface area contributed by atoms with Crippen LogP contribution in [-0.4, -0.2) is 59.2 Å². The molecule has 1 fully saturated rings. The molecule has 2 rings (SSSR count). The summed E-state index contributed by atoms with van der Waals surface area (Å²) in [5.41, 5.74) is 0. The Morgan fingerprint density at radius 3 is 3.21 bits per heavy atom. The average Bonchev–Trinajstić information content (AvgIpc) is 2.65. The molecule has 0 aromatic carbocycles. The van der Waals surface area contributed by atoms with E-state index in [0.717, 1.165) is 11.7 Å². The molecule has 1 amide bonds. The van der Waals surface area contributed by atoms with E-state index < -0.39 is 0 Å². The summed E-state index contributed by atoms with van der Waals surface area (Å²) in [4.78, 5) is 16.8. The predicted octanol–water partition coefficient (Wildman–Crippen LogP) is -0.691. The summed E-state index contributed by atoms with van der Waals surface area (Å²) in [6, 6.07) is 0. The van der Waals surface area contributed by atoms with Gasteiger partial charge in [0.2, 0.25) is 0 Å². The summed E-state index contributed by atoms with van der Waals surface area (Å²) in [7, 11) is 0. The molecule has 0 aromatic rings. The molecule has 78 valence electrons. The van der Waals surface area contributed by atoms with E-state index in [1.165, 1.54) is 11.8 Å². The first-order chi connectivity index (χ1) is 6.79. The third kappa shape index (κ3) is 2.08. The van der Waals surface area contributed by atoms with Gasteiger partial charge in [-0.05, 0) is 0 Å². The molecule has 5 nitrogen and oxygen atoms in total. The van der Waals surface area contributed by atoms with Gasteiger partial charge in [0.25, 0.3) is 5.91 Å². The summed E-state index contributed by atoms with van der Waals surface area (Å²) >= 11 is 1.46. The standard InChI is InChI=1S/C8H12N2O3S/c11-4-6-3-10(1-2-13-6)8-9-7(12)5-14-8/h6,11H,1-5H2/t6-/m0/s1. The normalized spacial score (nSPS) is 28.1. The summed E-state index contributed by atoms with van der Waals surface area (Å²) < 4.78 is 5.30. The number of hydrogen-bond acceptors (Lipinski definition) is 5. The van der Waals surface area contributed by atoms with Crippen molar-refractivity contribution in [2.45, 2.75) is 6.10 Å². The van der Waals surface area contributed by atoms with Crippen LogP contribution in [0.3, 0.4) is 0 Å². The minimum absolute atomic E-state index is 0.0163. The first-order valence-electron chi connectivity index (χ1n) is 4.51. The second-order valence-electron chi connectivity index (χ2n) is 3.20. The lowest BCUT2D eigenvalue weighted by Gasteiger charge is -2.32. The van der Waals surface area contributed by atoms with E-state index in [1.54, 1.807) is 0 Å². The van der Waals surface area contributed by atoms with Crippen molar-refractivity contribution in [3.8, 4) is 0 Å². The van der Waals surface area contributed by atoms with Gasteiger partial charge < -0.3 is 14.7 Å². The van der Waals surface area contributed by atoms with Crippen LogP contribution >= 0.6 is 11.8 Å². The van der Waals surface area contributed by atoms with E-state index in [0.29, 0.717) is 18.9 Å². The number of hydrogen-bond donors (Lipinski definition) is 1. The minimum atomic E-state index is -0.150. The van der Waals surface area contributed by atoms with E-state index in [2.05, 4.69) is 4.99 Å². The van der Waals surface area contributed by atoms with Crippen LogP contribution in [-0.2, 0) is 9.53 Å². The molecule has 1 atom stereocenters. The third-order valence-corrected chi connectivity index (χ3v) is 3.16. The molecule has 14 heavy (non-hydrogen) atoms. The highest BCUT2D eigenvalue weighted by Gasteiger charge is 2.26. The molecule has 0 aliphatic carbocycles. The Balaban J connectivity index is 1.97. The number of carbonyl (C=O) groups excluding carboxylic acids is 1. The van der Waals surface area contributed by atoms with Crippen LogP contribution in [0.4, 0.5) is 0 Å². The number of aliphatic imine (C=N–C) groups is 1. The van der Waals surface area contributed by atoms with Gasteiger partial charge in [-0.1, -0.05) is 11.8 Å². The number of amidine groups is 1. The highest BCUT2D eigenvalue weighted by atomic mass is 32.2. The van der Waals surface area contributed by atoms with Gasteiger partial charge in [-0.3, -0.25) is 4.79 Å². The van der Waals surface area contributed by atoms with E-state index in [1.807, 2.05) is 4.90 Å². The summed E-state index contributed by atoms with van der Waals surface area (Å²) in [6.07, 6.45) is -0.150. The van der Waals surface area contributed by atoms with Crippen molar-refractivity contribution in [3.05, 3.63) is 0 Å². The lowest BCUT2D eigenvalue weighted by atomic mass is 10.3. The zero-order valence-electron chi connectivity index (χ0n) is 7.68. The van der Waals surface area contributed by atoms with Crippen LogP contribution in [0.2, 0.25) is 0 Å². The number of aliphatic hydroxyl groups is 1. The van der Waals surface area contributed by atoms with Crippen molar-refractivity contribution in [1.29, 1.82) is 0 Å². The molecule has 2 aliphatic heterocycles. The number of carbonyl (C=O) groups is 1. The molecule has 0 radical (unpaired) electrons. The number of thioether (sulfide) groups is 1. The zero-order chi connectivity index (χ0) is 9.97. The fourth-order valence-electron chi connectivity index (χ4n) is 1.46. The molecule has 0 spiro atoms. The maximum Gasteiger partial charge on any atom is 0.258 e. The molecule has 1 N–H and O–H groups in total. The van der Waals surface area contributed by atoms with Crippen LogP contribution < -0.4 is 0 Å². The van der Waals surface area contributed by atoms with Crippen LogP contribution in [0, 0.1) is 0 Å². The zero-order valence-corrected chi connectivity index (χ0v) is 8.50. The fraction of sp³-hybridized carbons (Fsp3) is 0.750. The Morgan fingerprint density at radius 2 is 2.57 bits per heavy atom. The van der Waals surface area contributed by atoms with E-state index in [4.69, 9.17) is 9.84 Å². The van der Waals surface area contributed by atoms with Gasteiger partial charge in [0.1, 0.15) is 0 Å². The van der Waals surface area contributed by atoms with Crippen molar-refractivity contribution < 1.29 is 14.6 Å². The molecule has 0 unspecified atom stereocenters. The van der Waals surface area contributed by atoms with E-state index in [-0.39, 0.29) is 18.6 Å². The molecule has 1 saturated heterocycles. The number of aliphatic hydroxyl groups excluding tert-OH is 1. The maximum absolute atomic E-state index is 10.9. The van der Waals surface area contributed by atoms with Crippen LogP contribution in [0.5, 0.6) is 0 Å². The average molecular weight is 216 g/mol. The van der Waals surface area contributed by atoms with Crippen LogP contribution in [0.25, 0.3) is 0 Å². The molecule has 2 aliphatic rings. The quantitative estimate of drug-likeness (QED) is 0.628. The van der Waals surface area contributed by atoms with Gasteiger partial charge in [-0.15, -0.1) is 0 Å². The molecule has 2 heterocycles. The first-order valence-corrected chi connectivity index (χ1v) is 5.50. The van der Waals surface area contributed by atoms with Gasteiger partial charge in [-0.25, -0.2) is 0 Å². The summed E-state index contributed by atoms with van der Waals surface area (Å²) in [6.45, 7) is 1.96. The van der Waals surface area contributed by atoms with Gasteiger partial charge in [0, 0.05) is 13.1 Å². The van der Waals surface area contributed by atoms with Gasteiger partial charge in [-0.2, -0.15) is 4.99 Å². The monoisotopic (exact) mass is 216 g/mol. The number of amides is 1. The number of nitrogens with zero attached hydrogens (tertiary/aromatic N) is 2. The van der Waals surface area contributed by atoms with Crippen molar-refractivity contribution in [3.63, 3.8) is 0 Å². The fourth-order valence-corrected chi connectivity index (χ4v) is 2.29. The van der Waals surface area contributed by atoms with Crippen LogP contribution in [0.15, 0.2) is 4.99 Å². The van der Waals surface area contributed by atoms with Gasteiger partial charge in [0.15, 0.2) is 5.17 Å². The van der Waals surface area contributed by atoms with Crippen molar-refractivity contribution >= 4 is 22.8 Å². The SMILES string of the molecule is O=C1CSC(N2CCO[C@H](CO)C2)=N1. The second kappa shape index (κ2) is 4.29. The van der Waals surface area contributed by atoms with Gasteiger partial charge >= 0.3 is 0 Å². The predicted molar refractivity (Wildman–Crippen MR) is 53.3 cm³/mol. The maximum atomic E-state index is 10.9. The van der Waals surface area contributed by atoms with E-state index >= 15 is 0 Å². The lowest BCUT2D eigenvalue weighted by Crippen LogP contribution is -2.45. The first kappa shape index (κ1) is 9.95. The van der Waals surface area contributed by atoms with Crippen molar-refractivity contribution in [2.75, 3.05) is 32.1 Å². The molecular formula is C8H12N2O3S. The molecule has 0 aromatic heterocycles.